The summed E-state index contributed by atoms with van der Waals surface area (Å²) in [5, 5.41) is 3.84. The summed E-state index contributed by atoms with van der Waals surface area (Å²) >= 11 is 3.34. The highest BCUT2D eigenvalue weighted by Gasteiger charge is 2.03. The van der Waals surface area contributed by atoms with Crippen LogP contribution in [0.1, 0.15) is 30.5 Å². The molecule has 1 N–H and O–H groups in total. The van der Waals surface area contributed by atoms with Crippen molar-refractivity contribution in [1.29, 1.82) is 0 Å². The van der Waals surface area contributed by atoms with E-state index in [-0.39, 0.29) is 5.91 Å². The van der Waals surface area contributed by atoms with Crippen molar-refractivity contribution in [3.8, 4) is 0 Å². The largest absolute Gasteiger partial charge is 0.350 e. The van der Waals surface area contributed by atoms with E-state index in [1.165, 1.54) is 0 Å². The number of alkyl halides is 1. The molecular formula is C12H17BrN2O. The maximum atomic E-state index is 11.4. The van der Waals surface area contributed by atoms with Crippen LogP contribution in [-0.2, 0) is 11.3 Å². The standard InChI is InChI=1S/C12H17BrN2O/c1-10-5-4-8-14-11(10)9-15-12(16)6-2-3-7-13/h4-5,8H,2-3,6-7,9H2,1H3,(H,15,16). The summed E-state index contributed by atoms with van der Waals surface area (Å²) in [7, 11) is 0. The molecule has 0 spiro atoms. The molecule has 0 atom stereocenters. The minimum absolute atomic E-state index is 0.103. The van der Waals surface area contributed by atoms with E-state index >= 15 is 0 Å². The fourth-order valence-electron chi connectivity index (χ4n) is 1.35. The van der Waals surface area contributed by atoms with Crippen molar-refractivity contribution in [3.05, 3.63) is 29.6 Å². The number of nitrogens with one attached hydrogen (secondary N) is 1. The van der Waals surface area contributed by atoms with Crippen molar-refractivity contribution >= 4 is 21.8 Å². The molecule has 0 saturated heterocycles. The zero-order valence-corrected chi connectivity index (χ0v) is 11.1. The van der Waals surface area contributed by atoms with Crippen LogP contribution in [0.2, 0.25) is 0 Å². The molecule has 4 heteroatoms. The predicted molar refractivity (Wildman–Crippen MR) is 68.5 cm³/mol. The number of rotatable bonds is 6. The van der Waals surface area contributed by atoms with Crippen molar-refractivity contribution in [2.24, 2.45) is 0 Å². The maximum absolute atomic E-state index is 11.4. The van der Waals surface area contributed by atoms with Crippen molar-refractivity contribution in [2.45, 2.75) is 32.7 Å². The molecule has 0 fully saturated rings. The zero-order valence-electron chi connectivity index (χ0n) is 9.50. The Morgan fingerprint density at radius 1 is 1.50 bits per heavy atom. The van der Waals surface area contributed by atoms with Crippen LogP contribution in [0, 0.1) is 6.92 Å². The van der Waals surface area contributed by atoms with Crippen LogP contribution in [0.4, 0.5) is 0 Å². The lowest BCUT2D eigenvalue weighted by molar-refractivity contribution is -0.121. The van der Waals surface area contributed by atoms with Gasteiger partial charge < -0.3 is 5.32 Å². The van der Waals surface area contributed by atoms with Gasteiger partial charge in [0.2, 0.25) is 5.91 Å². The molecule has 1 aromatic heterocycles. The van der Waals surface area contributed by atoms with Gasteiger partial charge in [-0.15, -0.1) is 0 Å². The highest BCUT2D eigenvalue weighted by molar-refractivity contribution is 9.09. The third-order valence-electron chi connectivity index (χ3n) is 2.36. The molecule has 0 saturated carbocycles. The first kappa shape index (κ1) is 13.2. The van der Waals surface area contributed by atoms with Gasteiger partial charge in [-0.2, -0.15) is 0 Å². The topological polar surface area (TPSA) is 42.0 Å². The Morgan fingerprint density at radius 3 is 3.00 bits per heavy atom. The molecule has 88 valence electrons. The highest BCUT2D eigenvalue weighted by atomic mass is 79.9. The highest BCUT2D eigenvalue weighted by Crippen LogP contribution is 2.03. The molecule has 16 heavy (non-hydrogen) atoms. The van der Waals surface area contributed by atoms with Crippen LogP contribution in [0.5, 0.6) is 0 Å². The number of halogens is 1. The van der Waals surface area contributed by atoms with E-state index in [4.69, 9.17) is 0 Å². The molecular weight excluding hydrogens is 268 g/mol. The number of hydrogen-bond acceptors (Lipinski definition) is 2. The van der Waals surface area contributed by atoms with Crippen molar-refractivity contribution in [2.75, 3.05) is 5.33 Å². The molecule has 3 nitrogen and oxygen atoms in total. The van der Waals surface area contributed by atoms with E-state index in [9.17, 15) is 4.79 Å². The molecule has 1 rings (SSSR count). The predicted octanol–water partition coefficient (Wildman–Crippen LogP) is 2.57. The minimum Gasteiger partial charge on any atom is -0.350 e. The normalized spacial score (nSPS) is 10.1. The monoisotopic (exact) mass is 284 g/mol. The van der Waals surface area contributed by atoms with E-state index in [1.54, 1.807) is 6.20 Å². The van der Waals surface area contributed by atoms with Crippen LogP contribution < -0.4 is 5.32 Å². The summed E-state index contributed by atoms with van der Waals surface area (Å²) in [5.74, 6) is 0.103. The number of unbranched alkanes of at least 4 members (excludes halogenated alkanes) is 1. The molecule has 0 aliphatic carbocycles. The summed E-state index contributed by atoms with van der Waals surface area (Å²) in [6.07, 6.45) is 4.31. The van der Waals surface area contributed by atoms with E-state index in [0.717, 1.165) is 29.4 Å². The van der Waals surface area contributed by atoms with Gasteiger partial charge in [0.15, 0.2) is 0 Å². The third kappa shape index (κ3) is 4.75. The Bertz CT molecular complexity index is 342. The zero-order chi connectivity index (χ0) is 11.8. The quantitative estimate of drug-likeness (QED) is 0.644. The lowest BCUT2D eigenvalue weighted by Gasteiger charge is -2.06. The van der Waals surface area contributed by atoms with Gasteiger partial charge in [0, 0.05) is 17.9 Å². The number of carbonyl (C=O) groups excluding carboxylic acids is 1. The van der Waals surface area contributed by atoms with Crippen LogP contribution >= 0.6 is 15.9 Å². The number of aromatic nitrogens is 1. The number of aryl methyl sites for hydroxylation is 1. The fourth-order valence-corrected chi connectivity index (χ4v) is 1.75. The van der Waals surface area contributed by atoms with Gasteiger partial charge in [-0.05, 0) is 31.4 Å². The van der Waals surface area contributed by atoms with E-state index in [2.05, 4.69) is 26.2 Å². The lowest BCUT2D eigenvalue weighted by atomic mass is 10.2. The first-order valence-electron chi connectivity index (χ1n) is 5.47. The minimum atomic E-state index is 0.103. The third-order valence-corrected chi connectivity index (χ3v) is 2.92. The SMILES string of the molecule is Cc1cccnc1CNC(=O)CCCCBr. The summed E-state index contributed by atoms with van der Waals surface area (Å²) in [5.41, 5.74) is 2.06. The van der Waals surface area contributed by atoms with Gasteiger partial charge in [0.1, 0.15) is 0 Å². The Balaban J connectivity index is 2.29. The van der Waals surface area contributed by atoms with E-state index < -0.39 is 0 Å². The summed E-state index contributed by atoms with van der Waals surface area (Å²) in [6.45, 7) is 2.53. The molecule has 0 radical (unpaired) electrons. The van der Waals surface area contributed by atoms with Crippen LogP contribution in [0.3, 0.4) is 0 Å². The number of hydrogen-bond donors (Lipinski definition) is 1. The molecule has 0 aromatic carbocycles. The van der Waals surface area contributed by atoms with Gasteiger partial charge in [0.05, 0.1) is 12.2 Å². The molecule has 1 amide bonds. The Labute approximate surface area is 105 Å². The van der Waals surface area contributed by atoms with Crippen molar-refractivity contribution in [3.63, 3.8) is 0 Å². The van der Waals surface area contributed by atoms with Crippen molar-refractivity contribution < 1.29 is 4.79 Å². The number of nitrogens with zero attached hydrogens (tertiary/aromatic N) is 1. The average molecular weight is 285 g/mol. The second-order valence-corrected chi connectivity index (χ2v) is 4.48. The second-order valence-electron chi connectivity index (χ2n) is 3.69. The Kier molecular flexibility index (Phi) is 6.08. The number of amides is 1. The van der Waals surface area contributed by atoms with Crippen LogP contribution in [0.15, 0.2) is 18.3 Å². The summed E-state index contributed by atoms with van der Waals surface area (Å²) in [4.78, 5) is 15.7. The summed E-state index contributed by atoms with van der Waals surface area (Å²) in [6, 6.07) is 3.90. The van der Waals surface area contributed by atoms with Crippen LogP contribution in [-0.4, -0.2) is 16.2 Å². The van der Waals surface area contributed by atoms with Gasteiger partial charge in [-0.25, -0.2) is 0 Å². The van der Waals surface area contributed by atoms with Crippen LogP contribution in [0.25, 0.3) is 0 Å². The second kappa shape index (κ2) is 7.39. The Morgan fingerprint density at radius 2 is 2.31 bits per heavy atom. The molecule has 0 aliphatic rings. The Hall–Kier alpha value is -0.900. The first-order chi connectivity index (χ1) is 7.74. The first-order valence-corrected chi connectivity index (χ1v) is 6.59. The fraction of sp³-hybridized carbons (Fsp3) is 0.500. The number of carbonyl (C=O) groups is 1. The van der Waals surface area contributed by atoms with Gasteiger partial charge in [0.25, 0.3) is 0 Å². The molecule has 0 aliphatic heterocycles. The van der Waals surface area contributed by atoms with E-state index in [0.29, 0.717) is 13.0 Å². The maximum Gasteiger partial charge on any atom is 0.220 e. The van der Waals surface area contributed by atoms with E-state index in [1.807, 2.05) is 19.1 Å². The van der Waals surface area contributed by atoms with Crippen molar-refractivity contribution in [1.82, 2.24) is 10.3 Å². The smallest absolute Gasteiger partial charge is 0.220 e. The molecule has 0 bridgehead atoms. The molecule has 0 unspecified atom stereocenters. The van der Waals surface area contributed by atoms with Gasteiger partial charge >= 0.3 is 0 Å². The molecule has 1 heterocycles. The number of pyridine rings is 1. The van der Waals surface area contributed by atoms with Gasteiger partial charge in [-0.1, -0.05) is 22.0 Å². The lowest BCUT2D eigenvalue weighted by Crippen LogP contribution is -2.23. The summed E-state index contributed by atoms with van der Waals surface area (Å²) < 4.78 is 0. The average Bonchev–Trinajstić information content (AvgIpc) is 2.28. The van der Waals surface area contributed by atoms with Gasteiger partial charge in [-0.3, -0.25) is 9.78 Å². The molecule has 1 aromatic rings.